The van der Waals surface area contributed by atoms with Crippen molar-refractivity contribution < 1.29 is 4.55 Å². The molecule has 28 heavy (non-hydrogen) atoms. The highest BCUT2D eigenvalue weighted by molar-refractivity contribution is 7.98. The molecule has 0 aliphatic heterocycles. The first-order chi connectivity index (χ1) is 13.6. The van der Waals surface area contributed by atoms with Crippen LogP contribution < -0.4 is 27.1 Å². The molecule has 11 nitrogen and oxygen atoms in total. The van der Waals surface area contributed by atoms with Crippen LogP contribution in [0.1, 0.15) is 0 Å². The number of nitrogen functional groups attached to an aromatic ring is 1. The van der Waals surface area contributed by atoms with Gasteiger partial charge in [0.15, 0.2) is 4.90 Å². The molecule has 2 aromatic heterocycles. The third kappa shape index (κ3) is 4.25. The van der Waals surface area contributed by atoms with Crippen molar-refractivity contribution in [3.05, 3.63) is 30.5 Å². The lowest BCUT2D eigenvalue weighted by atomic mass is 10.00. The number of tetrazole rings is 1. The molecular formula is C15H20N10OS2. The maximum absolute atomic E-state index is 12.9. The Morgan fingerprint density at radius 1 is 1.25 bits per heavy atom. The summed E-state index contributed by atoms with van der Waals surface area (Å²) in [5, 5.41) is 20.2. The van der Waals surface area contributed by atoms with Crippen LogP contribution >= 0.6 is 11.9 Å². The van der Waals surface area contributed by atoms with Gasteiger partial charge in [-0.05, 0) is 52.6 Å². The fraction of sp³-hybridized carbons (Fsp3) is 0.200. The fourth-order valence-electron chi connectivity index (χ4n) is 2.58. The zero-order chi connectivity index (χ0) is 20.1. The lowest BCUT2D eigenvalue weighted by molar-refractivity contribution is 0.550. The van der Waals surface area contributed by atoms with Crippen molar-refractivity contribution in [1.29, 1.82) is 0 Å². The third-order valence-corrected chi connectivity index (χ3v) is 6.02. The Labute approximate surface area is 168 Å². The molecule has 0 aliphatic carbocycles. The first-order valence-corrected chi connectivity index (χ1v) is 10.2. The van der Waals surface area contributed by atoms with Crippen LogP contribution in [0.3, 0.4) is 0 Å². The number of H-pyrrole nitrogens is 1. The maximum Gasteiger partial charge on any atom is 0.206 e. The van der Waals surface area contributed by atoms with Crippen molar-refractivity contribution >= 4 is 29.1 Å². The SMILES string of the molecule is NCC(CN)N[S+]([O-])c1ccc(-c2ccnc(N)c2)c(-c2nn[nH]n2)c1SN. The largest absolute Gasteiger partial charge is 0.593 e. The lowest BCUT2D eigenvalue weighted by Gasteiger charge is -2.20. The van der Waals surface area contributed by atoms with E-state index in [0.29, 0.717) is 27.0 Å². The van der Waals surface area contributed by atoms with Crippen LogP contribution in [0.25, 0.3) is 22.5 Å². The van der Waals surface area contributed by atoms with Gasteiger partial charge in [0, 0.05) is 19.3 Å². The molecule has 1 aromatic carbocycles. The quantitative estimate of drug-likeness (QED) is 0.200. The highest BCUT2D eigenvalue weighted by Crippen LogP contribution is 2.40. The Bertz CT molecular complexity index is 919. The zero-order valence-corrected chi connectivity index (χ0v) is 16.3. The fourth-order valence-corrected chi connectivity index (χ4v) is 4.54. The number of nitrogens with one attached hydrogen (secondary N) is 2. The smallest absolute Gasteiger partial charge is 0.206 e. The van der Waals surface area contributed by atoms with Gasteiger partial charge in [-0.2, -0.15) is 5.21 Å². The number of anilines is 1. The van der Waals surface area contributed by atoms with Crippen LogP contribution in [0.4, 0.5) is 5.82 Å². The second-order valence-corrected chi connectivity index (χ2v) is 7.55. The standard InChI is InChI=1S/C15H20N10OS2/c16-6-9(7-17)23-28(26)11-2-1-10(8-3-4-20-12(18)5-8)13(14(11)27-19)15-21-24-25-22-15/h1-5,9,23H,6-7,16-17,19H2,(H2,18,20)(H,21,22,24,25). The number of aromatic amines is 1. The highest BCUT2D eigenvalue weighted by Gasteiger charge is 2.27. The van der Waals surface area contributed by atoms with Crippen LogP contribution in [0.5, 0.6) is 0 Å². The predicted octanol–water partition coefficient (Wildman–Crippen LogP) is -0.625. The molecular weight excluding hydrogens is 400 g/mol. The van der Waals surface area contributed by atoms with E-state index in [2.05, 4.69) is 30.3 Å². The van der Waals surface area contributed by atoms with Crippen molar-refractivity contribution in [1.82, 2.24) is 30.3 Å². The molecule has 0 bridgehead atoms. The minimum Gasteiger partial charge on any atom is -0.593 e. The lowest BCUT2D eigenvalue weighted by Crippen LogP contribution is -2.45. The molecule has 0 aliphatic rings. The summed E-state index contributed by atoms with van der Waals surface area (Å²) in [7, 11) is 0. The molecule has 0 fully saturated rings. The van der Waals surface area contributed by atoms with Crippen molar-refractivity contribution in [3.8, 4) is 22.5 Å². The summed E-state index contributed by atoms with van der Waals surface area (Å²) in [5.74, 6) is 0.674. The van der Waals surface area contributed by atoms with Gasteiger partial charge in [-0.15, -0.1) is 14.9 Å². The highest BCUT2D eigenvalue weighted by atomic mass is 32.2. The average molecular weight is 421 g/mol. The molecule has 148 valence electrons. The van der Waals surface area contributed by atoms with Gasteiger partial charge in [0.25, 0.3) is 0 Å². The Kier molecular flexibility index (Phi) is 6.79. The van der Waals surface area contributed by atoms with Gasteiger partial charge in [-0.3, -0.25) is 5.14 Å². The van der Waals surface area contributed by atoms with Gasteiger partial charge < -0.3 is 21.8 Å². The maximum atomic E-state index is 12.9. The van der Waals surface area contributed by atoms with Gasteiger partial charge in [0.1, 0.15) is 5.82 Å². The van der Waals surface area contributed by atoms with E-state index in [1.807, 2.05) is 0 Å². The first kappa shape index (κ1) is 20.5. The number of hydrogen-bond acceptors (Lipinski definition) is 11. The molecule has 0 radical (unpaired) electrons. The summed E-state index contributed by atoms with van der Waals surface area (Å²) in [5.41, 5.74) is 19.2. The monoisotopic (exact) mass is 420 g/mol. The van der Waals surface area contributed by atoms with E-state index >= 15 is 0 Å². The molecule has 2 heterocycles. The Morgan fingerprint density at radius 2 is 2.04 bits per heavy atom. The summed E-state index contributed by atoms with van der Waals surface area (Å²) < 4.78 is 15.8. The van der Waals surface area contributed by atoms with E-state index < -0.39 is 11.4 Å². The zero-order valence-electron chi connectivity index (χ0n) is 14.7. The van der Waals surface area contributed by atoms with E-state index in [1.165, 1.54) is 0 Å². The number of benzene rings is 1. The Balaban J connectivity index is 2.16. The van der Waals surface area contributed by atoms with Crippen LogP contribution in [-0.4, -0.2) is 49.3 Å². The topological polar surface area (TPSA) is 207 Å². The van der Waals surface area contributed by atoms with Crippen LogP contribution in [0.2, 0.25) is 0 Å². The average Bonchev–Trinajstić information content (AvgIpc) is 3.25. The van der Waals surface area contributed by atoms with E-state index in [9.17, 15) is 4.55 Å². The molecule has 13 heteroatoms. The summed E-state index contributed by atoms with van der Waals surface area (Å²) in [6, 6.07) is 6.74. The molecule has 0 saturated heterocycles. The van der Waals surface area contributed by atoms with Crippen LogP contribution in [0, 0.1) is 0 Å². The molecule has 3 rings (SSSR count). The van der Waals surface area contributed by atoms with Crippen LogP contribution in [-0.2, 0) is 11.4 Å². The minimum absolute atomic E-state index is 0.249. The normalized spacial score (nSPS) is 12.5. The number of hydrogen-bond donors (Lipinski definition) is 6. The second-order valence-electron chi connectivity index (χ2n) is 5.69. The van der Waals surface area contributed by atoms with E-state index in [1.54, 1.807) is 30.5 Å². The number of pyridine rings is 1. The second kappa shape index (κ2) is 9.29. The molecule has 10 N–H and O–H groups in total. The van der Waals surface area contributed by atoms with Gasteiger partial charge >= 0.3 is 0 Å². The van der Waals surface area contributed by atoms with Gasteiger partial charge in [-0.25, -0.2) is 4.98 Å². The molecule has 0 saturated carbocycles. The van der Waals surface area contributed by atoms with Crippen molar-refractivity contribution in [2.45, 2.75) is 15.8 Å². The van der Waals surface area contributed by atoms with Gasteiger partial charge in [-0.1, -0.05) is 0 Å². The number of nitrogens with zero attached hydrogens (tertiary/aromatic N) is 4. The van der Waals surface area contributed by atoms with Crippen molar-refractivity contribution in [2.75, 3.05) is 18.8 Å². The summed E-state index contributed by atoms with van der Waals surface area (Å²) in [4.78, 5) is 5.01. The summed E-state index contributed by atoms with van der Waals surface area (Å²) in [6.45, 7) is 0.499. The van der Waals surface area contributed by atoms with E-state index in [-0.39, 0.29) is 19.1 Å². The molecule has 1 atom stereocenters. The van der Waals surface area contributed by atoms with Gasteiger partial charge in [0.2, 0.25) is 5.82 Å². The molecule has 0 spiro atoms. The molecule has 0 amide bonds. The van der Waals surface area contributed by atoms with Gasteiger partial charge in [0.05, 0.1) is 27.9 Å². The van der Waals surface area contributed by atoms with Crippen molar-refractivity contribution in [2.24, 2.45) is 16.6 Å². The van der Waals surface area contributed by atoms with E-state index in [4.69, 9.17) is 22.3 Å². The molecule has 1 unspecified atom stereocenters. The molecule has 3 aromatic rings. The number of nitrogens with two attached hydrogens (primary N) is 4. The Hall–Kier alpha value is -2.26. The minimum atomic E-state index is -1.60. The number of rotatable bonds is 8. The van der Waals surface area contributed by atoms with Crippen LogP contribution in [0.15, 0.2) is 40.3 Å². The van der Waals surface area contributed by atoms with Crippen molar-refractivity contribution in [3.63, 3.8) is 0 Å². The summed E-state index contributed by atoms with van der Waals surface area (Å²) in [6.07, 6.45) is 1.60. The third-order valence-electron chi connectivity index (χ3n) is 3.94. The number of aromatic nitrogens is 5. The summed E-state index contributed by atoms with van der Waals surface area (Å²) >= 11 is -0.660. The predicted molar refractivity (Wildman–Crippen MR) is 109 cm³/mol. The Morgan fingerprint density at radius 3 is 2.64 bits per heavy atom. The first-order valence-electron chi connectivity index (χ1n) is 8.16. The van der Waals surface area contributed by atoms with E-state index in [0.717, 1.165) is 23.1 Å².